The lowest BCUT2D eigenvalue weighted by Gasteiger charge is -2.30. The summed E-state index contributed by atoms with van der Waals surface area (Å²) in [5.74, 6) is -0.240. The molecule has 0 radical (unpaired) electrons. The molecule has 1 amide bonds. The zero-order valence-electron chi connectivity index (χ0n) is 15.2. The zero-order chi connectivity index (χ0) is 18.3. The molecule has 6 nitrogen and oxygen atoms in total. The van der Waals surface area contributed by atoms with Crippen LogP contribution in [-0.2, 0) is 14.3 Å². The fourth-order valence-electron chi connectivity index (χ4n) is 3.22. The minimum absolute atomic E-state index is 0.170. The number of anilines is 1. The molecule has 1 saturated carbocycles. The lowest BCUT2D eigenvalue weighted by Crippen LogP contribution is -2.44. The van der Waals surface area contributed by atoms with Crippen LogP contribution in [0.3, 0.4) is 0 Å². The Morgan fingerprint density at radius 1 is 1.12 bits per heavy atom. The van der Waals surface area contributed by atoms with E-state index in [1.807, 2.05) is 0 Å². The Balaban J connectivity index is 2.22. The van der Waals surface area contributed by atoms with Crippen molar-refractivity contribution >= 4 is 17.6 Å². The van der Waals surface area contributed by atoms with Crippen LogP contribution in [0.5, 0.6) is 5.75 Å². The van der Waals surface area contributed by atoms with Gasteiger partial charge in [0, 0.05) is 12.8 Å². The lowest BCUT2D eigenvalue weighted by atomic mass is 9.93. The quantitative estimate of drug-likeness (QED) is 0.628. The standard InChI is InChI=1S/C19H27NO5/c1-4-25-17(21)15-13-14(9-10-16(15)23-2)20-18(22)19(24-3)11-7-5-6-8-12-19/h9-10,13H,4-8,11-12H2,1-3H3,(H,20,22). The number of rotatable bonds is 6. The third-order valence-electron chi connectivity index (χ3n) is 4.67. The Hall–Kier alpha value is -2.08. The first-order valence-electron chi connectivity index (χ1n) is 8.78. The summed E-state index contributed by atoms with van der Waals surface area (Å²) in [7, 11) is 3.07. The van der Waals surface area contributed by atoms with Crippen LogP contribution >= 0.6 is 0 Å². The Bertz CT molecular complexity index is 606. The van der Waals surface area contributed by atoms with Crippen molar-refractivity contribution in [3.63, 3.8) is 0 Å². The number of ether oxygens (including phenoxy) is 3. The number of amides is 1. The zero-order valence-corrected chi connectivity index (χ0v) is 15.2. The molecule has 138 valence electrons. The van der Waals surface area contributed by atoms with Crippen molar-refractivity contribution in [1.29, 1.82) is 0 Å². The fraction of sp³-hybridized carbons (Fsp3) is 0.579. The Morgan fingerprint density at radius 3 is 2.36 bits per heavy atom. The minimum Gasteiger partial charge on any atom is -0.496 e. The summed E-state index contributed by atoms with van der Waals surface area (Å²) in [5.41, 5.74) is 0.00423. The summed E-state index contributed by atoms with van der Waals surface area (Å²) in [6.07, 6.45) is 5.59. The molecule has 25 heavy (non-hydrogen) atoms. The highest BCUT2D eigenvalue weighted by atomic mass is 16.5. The Labute approximate surface area is 148 Å². The van der Waals surface area contributed by atoms with Gasteiger partial charge in [-0.2, -0.15) is 0 Å². The number of nitrogens with one attached hydrogen (secondary N) is 1. The molecule has 0 atom stereocenters. The summed E-state index contributed by atoms with van der Waals surface area (Å²) in [6, 6.07) is 4.93. The average molecular weight is 349 g/mol. The third-order valence-corrected chi connectivity index (χ3v) is 4.67. The highest BCUT2D eigenvalue weighted by Crippen LogP contribution is 2.32. The maximum atomic E-state index is 12.9. The van der Waals surface area contributed by atoms with E-state index in [9.17, 15) is 9.59 Å². The van der Waals surface area contributed by atoms with Crippen molar-refractivity contribution < 1.29 is 23.8 Å². The molecule has 0 spiro atoms. The molecular formula is C19H27NO5. The molecule has 6 heteroatoms. The van der Waals surface area contributed by atoms with Crippen LogP contribution in [-0.4, -0.2) is 38.3 Å². The van der Waals surface area contributed by atoms with Crippen LogP contribution in [0.4, 0.5) is 5.69 Å². The number of esters is 1. The predicted octanol–water partition coefficient (Wildman–Crippen LogP) is 3.55. The van der Waals surface area contributed by atoms with Gasteiger partial charge in [0.1, 0.15) is 16.9 Å². The molecule has 0 heterocycles. The number of benzene rings is 1. The van der Waals surface area contributed by atoms with Crippen LogP contribution in [0.1, 0.15) is 55.8 Å². The van der Waals surface area contributed by atoms with Gasteiger partial charge in [0.2, 0.25) is 0 Å². The molecule has 0 saturated heterocycles. The SMILES string of the molecule is CCOC(=O)c1cc(NC(=O)C2(OC)CCCCCC2)ccc1OC. The second-order valence-corrected chi connectivity index (χ2v) is 6.20. The molecule has 0 bridgehead atoms. The first-order chi connectivity index (χ1) is 12.1. The second-order valence-electron chi connectivity index (χ2n) is 6.20. The van der Waals surface area contributed by atoms with Gasteiger partial charge in [-0.25, -0.2) is 4.79 Å². The third kappa shape index (κ3) is 4.51. The number of hydrogen-bond donors (Lipinski definition) is 1. The molecule has 1 aromatic carbocycles. The molecule has 1 aliphatic carbocycles. The molecule has 0 aliphatic heterocycles. The van der Waals surface area contributed by atoms with Crippen molar-refractivity contribution in [3.05, 3.63) is 23.8 Å². The maximum absolute atomic E-state index is 12.9. The molecular weight excluding hydrogens is 322 g/mol. The van der Waals surface area contributed by atoms with Gasteiger partial charge >= 0.3 is 5.97 Å². The van der Waals surface area contributed by atoms with Crippen molar-refractivity contribution in [2.75, 3.05) is 26.1 Å². The van der Waals surface area contributed by atoms with Gasteiger partial charge in [0.25, 0.3) is 5.91 Å². The van der Waals surface area contributed by atoms with Gasteiger partial charge in [-0.05, 0) is 38.0 Å². The molecule has 0 aromatic heterocycles. The lowest BCUT2D eigenvalue weighted by molar-refractivity contribution is -0.139. The first kappa shape index (κ1) is 19.2. The van der Waals surface area contributed by atoms with Crippen LogP contribution in [0.2, 0.25) is 0 Å². The smallest absolute Gasteiger partial charge is 0.341 e. The number of carbonyl (C=O) groups is 2. The summed E-state index contributed by atoms with van der Waals surface area (Å²) >= 11 is 0. The van der Waals surface area contributed by atoms with Crippen LogP contribution < -0.4 is 10.1 Å². The predicted molar refractivity (Wildman–Crippen MR) is 95.0 cm³/mol. The van der Waals surface area contributed by atoms with E-state index in [1.54, 1.807) is 32.2 Å². The number of hydrogen-bond acceptors (Lipinski definition) is 5. The summed E-state index contributed by atoms with van der Waals surface area (Å²) < 4.78 is 15.9. The van der Waals surface area contributed by atoms with Gasteiger partial charge in [0.05, 0.1) is 13.7 Å². The van der Waals surface area contributed by atoms with E-state index in [1.165, 1.54) is 7.11 Å². The fourth-order valence-corrected chi connectivity index (χ4v) is 3.22. The Kier molecular flexibility index (Phi) is 6.82. The van der Waals surface area contributed by atoms with Gasteiger partial charge in [-0.3, -0.25) is 4.79 Å². The van der Waals surface area contributed by atoms with Crippen molar-refractivity contribution in [1.82, 2.24) is 0 Å². The molecule has 1 aliphatic rings. The van der Waals surface area contributed by atoms with Crippen LogP contribution in [0.15, 0.2) is 18.2 Å². The number of carbonyl (C=O) groups excluding carboxylic acids is 2. The van der Waals surface area contributed by atoms with E-state index in [2.05, 4.69) is 5.32 Å². The van der Waals surface area contributed by atoms with E-state index in [4.69, 9.17) is 14.2 Å². The molecule has 1 N–H and O–H groups in total. The van der Waals surface area contributed by atoms with E-state index in [-0.39, 0.29) is 18.1 Å². The summed E-state index contributed by atoms with van der Waals surface area (Å²) in [5, 5.41) is 2.89. The Morgan fingerprint density at radius 2 is 1.80 bits per heavy atom. The van der Waals surface area contributed by atoms with E-state index >= 15 is 0 Å². The van der Waals surface area contributed by atoms with Crippen molar-refractivity contribution in [3.8, 4) is 5.75 Å². The topological polar surface area (TPSA) is 73.9 Å². The second kappa shape index (κ2) is 8.85. The van der Waals surface area contributed by atoms with Gasteiger partial charge in [-0.15, -0.1) is 0 Å². The average Bonchev–Trinajstić information content (AvgIpc) is 2.88. The van der Waals surface area contributed by atoms with E-state index in [0.717, 1.165) is 25.7 Å². The van der Waals surface area contributed by atoms with E-state index < -0.39 is 11.6 Å². The highest BCUT2D eigenvalue weighted by molar-refractivity contribution is 5.99. The summed E-state index contributed by atoms with van der Waals surface area (Å²) in [6.45, 7) is 2.01. The van der Waals surface area contributed by atoms with Gasteiger partial charge in [0.15, 0.2) is 0 Å². The minimum atomic E-state index is -0.805. The molecule has 1 fully saturated rings. The van der Waals surface area contributed by atoms with Gasteiger partial charge < -0.3 is 19.5 Å². The van der Waals surface area contributed by atoms with E-state index in [0.29, 0.717) is 24.3 Å². The maximum Gasteiger partial charge on any atom is 0.341 e. The summed E-state index contributed by atoms with van der Waals surface area (Å²) in [4.78, 5) is 24.9. The first-order valence-corrected chi connectivity index (χ1v) is 8.78. The largest absolute Gasteiger partial charge is 0.496 e. The molecule has 1 aromatic rings. The molecule has 0 unspecified atom stereocenters. The highest BCUT2D eigenvalue weighted by Gasteiger charge is 2.38. The van der Waals surface area contributed by atoms with Crippen molar-refractivity contribution in [2.24, 2.45) is 0 Å². The van der Waals surface area contributed by atoms with Crippen LogP contribution in [0, 0.1) is 0 Å². The molecule has 2 rings (SSSR count). The van der Waals surface area contributed by atoms with Gasteiger partial charge in [-0.1, -0.05) is 25.7 Å². The number of methoxy groups -OCH3 is 2. The van der Waals surface area contributed by atoms with Crippen LogP contribution in [0.25, 0.3) is 0 Å². The van der Waals surface area contributed by atoms with Crippen molar-refractivity contribution in [2.45, 2.75) is 51.0 Å². The normalized spacial score (nSPS) is 16.6. The monoisotopic (exact) mass is 349 g/mol.